The topological polar surface area (TPSA) is 66.4 Å². The van der Waals surface area contributed by atoms with E-state index in [1.807, 2.05) is 6.92 Å². The number of rotatable bonds is 5. The van der Waals surface area contributed by atoms with Crippen molar-refractivity contribution in [3.05, 3.63) is 35.6 Å². The molecule has 0 aromatic heterocycles. The summed E-state index contributed by atoms with van der Waals surface area (Å²) in [4.78, 5) is 22.6. The second-order valence-electron chi connectivity index (χ2n) is 4.08. The molecule has 0 aliphatic carbocycles. The fourth-order valence-electron chi connectivity index (χ4n) is 1.64. The zero-order valence-electron chi connectivity index (χ0n) is 10.3. The van der Waals surface area contributed by atoms with Gasteiger partial charge in [0.05, 0.1) is 5.92 Å². The van der Waals surface area contributed by atoms with Gasteiger partial charge >= 0.3 is 5.97 Å². The van der Waals surface area contributed by atoms with Crippen molar-refractivity contribution in [2.75, 3.05) is 0 Å². The van der Waals surface area contributed by atoms with E-state index in [2.05, 4.69) is 5.32 Å². The molecule has 0 aliphatic rings. The standard InChI is InChI=1S/C13H16FNO3/c1-3-11(9-4-6-10(14)7-5-9)12(16)15-8(2)13(17)18/h4-8,11H,3H2,1-2H3,(H,15,16)(H,17,18)/t8-,11?/m1/s1. The van der Waals surface area contributed by atoms with Crippen molar-refractivity contribution in [1.82, 2.24) is 5.32 Å². The number of halogens is 1. The van der Waals surface area contributed by atoms with Gasteiger partial charge in [-0.1, -0.05) is 19.1 Å². The number of carboxylic acids is 1. The van der Waals surface area contributed by atoms with Gasteiger partial charge in [0.15, 0.2) is 0 Å². The highest BCUT2D eigenvalue weighted by molar-refractivity contribution is 5.87. The highest BCUT2D eigenvalue weighted by atomic mass is 19.1. The Morgan fingerprint density at radius 1 is 1.33 bits per heavy atom. The first-order chi connectivity index (χ1) is 8.45. The lowest BCUT2D eigenvalue weighted by molar-refractivity contribution is -0.141. The summed E-state index contributed by atoms with van der Waals surface area (Å²) < 4.78 is 12.8. The Kier molecular flexibility index (Phi) is 4.83. The molecule has 1 aromatic rings. The third kappa shape index (κ3) is 3.55. The fourth-order valence-corrected chi connectivity index (χ4v) is 1.64. The van der Waals surface area contributed by atoms with Gasteiger partial charge in [0.25, 0.3) is 0 Å². The summed E-state index contributed by atoms with van der Waals surface area (Å²) >= 11 is 0. The Hall–Kier alpha value is -1.91. The molecule has 0 saturated heterocycles. The van der Waals surface area contributed by atoms with Crippen LogP contribution in [-0.4, -0.2) is 23.0 Å². The van der Waals surface area contributed by atoms with Crippen LogP contribution >= 0.6 is 0 Å². The van der Waals surface area contributed by atoms with Crippen molar-refractivity contribution in [2.24, 2.45) is 0 Å². The van der Waals surface area contributed by atoms with E-state index >= 15 is 0 Å². The first-order valence-electron chi connectivity index (χ1n) is 5.74. The Morgan fingerprint density at radius 3 is 2.33 bits per heavy atom. The summed E-state index contributed by atoms with van der Waals surface area (Å²) in [6.45, 7) is 3.22. The highest BCUT2D eigenvalue weighted by Gasteiger charge is 2.22. The largest absolute Gasteiger partial charge is 0.480 e. The van der Waals surface area contributed by atoms with E-state index in [0.29, 0.717) is 12.0 Å². The summed E-state index contributed by atoms with van der Waals surface area (Å²) in [6.07, 6.45) is 0.518. The monoisotopic (exact) mass is 253 g/mol. The summed E-state index contributed by atoms with van der Waals surface area (Å²) in [6, 6.07) is 4.70. The molecule has 1 aromatic carbocycles. The maximum absolute atomic E-state index is 12.8. The molecule has 0 heterocycles. The number of aliphatic carboxylic acids is 1. The first-order valence-corrected chi connectivity index (χ1v) is 5.74. The second-order valence-corrected chi connectivity index (χ2v) is 4.08. The highest BCUT2D eigenvalue weighted by Crippen LogP contribution is 2.20. The van der Waals surface area contributed by atoms with E-state index in [0.717, 1.165) is 0 Å². The maximum Gasteiger partial charge on any atom is 0.325 e. The lowest BCUT2D eigenvalue weighted by Gasteiger charge is -2.17. The molecule has 1 rings (SSSR count). The Morgan fingerprint density at radius 2 is 1.89 bits per heavy atom. The third-order valence-corrected chi connectivity index (χ3v) is 2.73. The summed E-state index contributed by atoms with van der Waals surface area (Å²) in [5, 5.41) is 11.1. The molecule has 2 N–H and O–H groups in total. The molecule has 2 atom stereocenters. The number of carbonyl (C=O) groups excluding carboxylic acids is 1. The number of amides is 1. The Labute approximate surface area is 105 Å². The van der Waals surface area contributed by atoms with E-state index in [1.54, 1.807) is 0 Å². The lowest BCUT2D eigenvalue weighted by Crippen LogP contribution is -2.40. The molecular weight excluding hydrogens is 237 g/mol. The van der Waals surface area contributed by atoms with E-state index in [1.165, 1.54) is 31.2 Å². The van der Waals surface area contributed by atoms with Crippen molar-refractivity contribution in [3.8, 4) is 0 Å². The number of hydrogen-bond donors (Lipinski definition) is 2. The molecule has 4 nitrogen and oxygen atoms in total. The van der Waals surface area contributed by atoms with Crippen molar-refractivity contribution in [2.45, 2.75) is 32.2 Å². The summed E-state index contributed by atoms with van der Waals surface area (Å²) in [5.41, 5.74) is 0.675. The molecule has 5 heteroatoms. The van der Waals surface area contributed by atoms with Crippen molar-refractivity contribution < 1.29 is 19.1 Å². The van der Waals surface area contributed by atoms with E-state index in [-0.39, 0.29) is 11.7 Å². The number of nitrogens with one attached hydrogen (secondary N) is 1. The average molecular weight is 253 g/mol. The quantitative estimate of drug-likeness (QED) is 0.842. The van der Waals surface area contributed by atoms with Crippen LogP contribution in [0.15, 0.2) is 24.3 Å². The minimum absolute atomic E-state index is 0.362. The predicted octanol–water partition coefficient (Wildman–Crippen LogP) is 1.91. The van der Waals surface area contributed by atoms with E-state index in [9.17, 15) is 14.0 Å². The predicted molar refractivity (Wildman–Crippen MR) is 64.7 cm³/mol. The van der Waals surface area contributed by atoms with Crippen LogP contribution in [0.2, 0.25) is 0 Å². The van der Waals surface area contributed by atoms with Gasteiger partial charge in [-0.15, -0.1) is 0 Å². The molecule has 0 saturated carbocycles. The van der Waals surface area contributed by atoms with Gasteiger partial charge in [-0.05, 0) is 31.0 Å². The number of carbonyl (C=O) groups is 2. The third-order valence-electron chi connectivity index (χ3n) is 2.73. The zero-order valence-corrected chi connectivity index (χ0v) is 10.3. The molecule has 98 valence electrons. The van der Waals surface area contributed by atoms with Gasteiger partial charge < -0.3 is 10.4 Å². The summed E-state index contributed by atoms with van der Waals surface area (Å²) in [7, 11) is 0. The van der Waals surface area contributed by atoms with Gasteiger partial charge in [-0.3, -0.25) is 9.59 Å². The van der Waals surface area contributed by atoms with Crippen LogP contribution in [-0.2, 0) is 9.59 Å². The van der Waals surface area contributed by atoms with Crippen LogP contribution in [0.3, 0.4) is 0 Å². The molecule has 1 amide bonds. The van der Waals surface area contributed by atoms with Gasteiger partial charge in [0, 0.05) is 0 Å². The smallest absolute Gasteiger partial charge is 0.325 e. The van der Waals surface area contributed by atoms with Gasteiger partial charge in [-0.2, -0.15) is 0 Å². The molecule has 0 aliphatic heterocycles. The minimum atomic E-state index is -1.09. The number of benzene rings is 1. The van der Waals surface area contributed by atoms with E-state index < -0.39 is 17.9 Å². The SMILES string of the molecule is CCC(C(=O)N[C@H](C)C(=O)O)c1ccc(F)cc1. The zero-order chi connectivity index (χ0) is 13.7. The molecule has 0 bridgehead atoms. The second kappa shape index (κ2) is 6.14. The normalized spacial score (nSPS) is 13.7. The van der Waals surface area contributed by atoms with Crippen LogP contribution in [0, 0.1) is 5.82 Å². The van der Waals surface area contributed by atoms with Crippen molar-refractivity contribution in [1.29, 1.82) is 0 Å². The molecule has 0 fully saturated rings. The Bertz CT molecular complexity index is 430. The van der Waals surface area contributed by atoms with Crippen LogP contribution in [0.5, 0.6) is 0 Å². The van der Waals surface area contributed by atoms with Crippen molar-refractivity contribution in [3.63, 3.8) is 0 Å². The van der Waals surface area contributed by atoms with Crippen LogP contribution in [0.1, 0.15) is 31.7 Å². The van der Waals surface area contributed by atoms with Crippen LogP contribution < -0.4 is 5.32 Å². The Balaban J connectivity index is 2.80. The number of carboxylic acid groups (broad SMARTS) is 1. The molecule has 1 unspecified atom stereocenters. The first kappa shape index (κ1) is 14.2. The van der Waals surface area contributed by atoms with Crippen LogP contribution in [0.25, 0.3) is 0 Å². The van der Waals surface area contributed by atoms with Gasteiger partial charge in [0.1, 0.15) is 11.9 Å². The van der Waals surface area contributed by atoms with E-state index in [4.69, 9.17) is 5.11 Å². The maximum atomic E-state index is 12.8. The van der Waals surface area contributed by atoms with Crippen LogP contribution in [0.4, 0.5) is 4.39 Å². The molecular formula is C13H16FNO3. The lowest BCUT2D eigenvalue weighted by atomic mass is 9.95. The molecule has 0 radical (unpaired) electrons. The fraction of sp³-hybridized carbons (Fsp3) is 0.385. The average Bonchev–Trinajstić information content (AvgIpc) is 2.32. The number of hydrogen-bond acceptors (Lipinski definition) is 2. The molecule has 0 spiro atoms. The van der Waals surface area contributed by atoms with Crippen molar-refractivity contribution >= 4 is 11.9 Å². The minimum Gasteiger partial charge on any atom is -0.480 e. The van der Waals surface area contributed by atoms with Gasteiger partial charge in [-0.25, -0.2) is 4.39 Å². The molecule has 18 heavy (non-hydrogen) atoms. The van der Waals surface area contributed by atoms with Gasteiger partial charge in [0.2, 0.25) is 5.91 Å². The summed E-state index contributed by atoms with van der Waals surface area (Å²) in [5.74, 6) is -2.28.